The number of non-ortho nitro benzene ring substituents is 1. The van der Waals surface area contributed by atoms with E-state index in [1.165, 1.54) is 12.1 Å². The number of hydrogen-bond acceptors (Lipinski definition) is 4. The van der Waals surface area contributed by atoms with Crippen LogP contribution in [0.5, 0.6) is 5.75 Å². The summed E-state index contributed by atoms with van der Waals surface area (Å²) in [5, 5.41) is 21.1. The van der Waals surface area contributed by atoms with Gasteiger partial charge in [-0.15, -0.1) is 0 Å². The Hall–Kier alpha value is -3.87. The number of nitro benzene ring substituents is 1. The molecule has 0 aromatic heterocycles. The third-order valence-corrected chi connectivity index (χ3v) is 4.10. The number of rotatable bonds is 5. The number of nitrogens with zero attached hydrogens (tertiary/aromatic N) is 2. The summed E-state index contributed by atoms with van der Waals surface area (Å²) in [6, 6.07) is 19.6. The zero-order chi connectivity index (χ0) is 19.4. The van der Waals surface area contributed by atoms with Gasteiger partial charge in [-0.25, -0.2) is 4.79 Å². The van der Waals surface area contributed by atoms with E-state index in [-0.39, 0.29) is 11.4 Å². The van der Waals surface area contributed by atoms with Gasteiger partial charge in [-0.2, -0.15) is 0 Å². The van der Waals surface area contributed by atoms with Gasteiger partial charge in [-0.05, 0) is 29.7 Å². The van der Waals surface area contributed by atoms with Crippen LogP contribution in [0.15, 0.2) is 72.8 Å². The van der Waals surface area contributed by atoms with Crippen LogP contribution in [0.25, 0.3) is 0 Å². The minimum absolute atomic E-state index is 0.0774. The van der Waals surface area contributed by atoms with Crippen molar-refractivity contribution in [1.82, 2.24) is 0 Å². The van der Waals surface area contributed by atoms with Crippen LogP contribution in [0.1, 0.15) is 11.1 Å². The van der Waals surface area contributed by atoms with Gasteiger partial charge >= 0.3 is 6.03 Å². The number of benzene rings is 3. The Bertz CT molecular complexity index is 990. The van der Waals surface area contributed by atoms with Gasteiger partial charge in [-0.3, -0.25) is 15.0 Å². The molecule has 0 unspecified atom stereocenters. The van der Waals surface area contributed by atoms with Crippen LogP contribution < -0.4 is 10.6 Å². The normalized spacial score (nSPS) is 10.4. The topological polar surface area (TPSA) is 110 Å². The van der Waals surface area contributed by atoms with Crippen molar-refractivity contribution >= 4 is 23.1 Å². The van der Waals surface area contributed by atoms with Crippen LogP contribution in [0.2, 0.25) is 0 Å². The summed E-state index contributed by atoms with van der Waals surface area (Å²) in [7, 11) is 0. The molecule has 0 spiro atoms. The molecule has 3 N–H and O–H groups in total. The quantitative estimate of drug-likeness (QED) is 0.525. The number of carbonyl (C=O) groups is 1. The highest BCUT2D eigenvalue weighted by molar-refractivity contribution is 6.00. The molecule has 0 saturated carbocycles. The Labute approximate surface area is 155 Å². The number of nitrogens with two attached hydrogens (primary N) is 1. The smallest absolute Gasteiger partial charge is 0.324 e. The number of amides is 2. The number of anilines is 2. The van der Waals surface area contributed by atoms with E-state index < -0.39 is 16.7 Å². The van der Waals surface area contributed by atoms with Crippen LogP contribution >= 0.6 is 0 Å². The van der Waals surface area contributed by atoms with Gasteiger partial charge in [0, 0.05) is 6.07 Å². The fourth-order valence-corrected chi connectivity index (χ4v) is 2.88. The molecule has 3 aromatic carbocycles. The molecule has 0 atom stereocenters. The number of urea groups is 1. The highest BCUT2D eigenvalue weighted by atomic mass is 16.6. The summed E-state index contributed by atoms with van der Waals surface area (Å²) in [5.74, 6) is -0.405. The molecule has 0 heterocycles. The van der Waals surface area contributed by atoms with Crippen molar-refractivity contribution in [3.8, 4) is 5.75 Å². The average molecular weight is 363 g/mol. The molecule has 0 radical (unpaired) electrons. The van der Waals surface area contributed by atoms with Crippen molar-refractivity contribution in [2.75, 3.05) is 4.90 Å². The standard InChI is InChI=1S/C20H17N3O4/c21-20(25)22(18-11-10-16(23(26)27)13-19(18)24)17-9-5-4-8-15(17)12-14-6-2-1-3-7-14/h1-11,13,24H,12H2,(H2,21,25). The van der Waals surface area contributed by atoms with E-state index in [0.717, 1.165) is 22.1 Å². The highest BCUT2D eigenvalue weighted by Crippen LogP contribution is 2.37. The first-order valence-corrected chi connectivity index (χ1v) is 8.16. The summed E-state index contributed by atoms with van der Waals surface area (Å²) in [4.78, 5) is 23.6. The molecular weight excluding hydrogens is 346 g/mol. The Morgan fingerprint density at radius 2 is 1.67 bits per heavy atom. The maximum Gasteiger partial charge on any atom is 0.324 e. The third-order valence-electron chi connectivity index (χ3n) is 4.10. The Kier molecular flexibility index (Phi) is 5.03. The van der Waals surface area contributed by atoms with E-state index in [0.29, 0.717) is 12.1 Å². The second-order valence-corrected chi connectivity index (χ2v) is 5.89. The Morgan fingerprint density at radius 3 is 2.30 bits per heavy atom. The van der Waals surface area contributed by atoms with Crippen LogP contribution in [0.3, 0.4) is 0 Å². The zero-order valence-electron chi connectivity index (χ0n) is 14.3. The number of aromatic hydroxyl groups is 1. The number of para-hydroxylation sites is 1. The van der Waals surface area contributed by atoms with E-state index in [1.54, 1.807) is 12.1 Å². The molecule has 0 fully saturated rings. The SMILES string of the molecule is NC(=O)N(c1ccc([N+](=O)[O-])cc1O)c1ccccc1Cc1ccccc1. The monoisotopic (exact) mass is 363 g/mol. The number of nitro groups is 1. The van der Waals surface area contributed by atoms with Crippen LogP contribution in [-0.2, 0) is 6.42 Å². The first-order valence-electron chi connectivity index (χ1n) is 8.16. The summed E-state index contributed by atoms with van der Waals surface area (Å²) in [5.41, 5.74) is 7.73. The summed E-state index contributed by atoms with van der Waals surface area (Å²) >= 11 is 0. The minimum Gasteiger partial charge on any atom is -0.505 e. The summed E-state index contributed by atoms with van der Waals surface area (Å²) < 4.78 is 0. The zero-order valence-corrected chi connectivity index (χ0v) is 14.3. The van der Waals surface area contributed by atoms with E-state index in [1.807, 2.05) is 42.5 Å². The van der Waals surface area contributed by atoms with Crippen molar-refractivity contribution in [2.24, 2.45) is 5.73 Å². The van der Waals surface area contributed by atoms with E-state index in [9.17, 15) is 20.0 Å². The predicted molar refractivity (Wildman–Crippen MR) is 102 cm³/mol. The van der Waals surface area contributed by atoms with Crippen LogP contribution in [0.4, 0.5) is 21.9 Å². The van der Waals surface area contributed by atoms with Gasteiger partial charge < -0.3 is 10.8 Å². The lowest BCUT2D eigenvalue weighted by Gasteiger charge is -2.24. The highest BCUT2D eigenvalue weighted by Gasteiger charge is 2.23. The summed E-state index contributed by atoms with van der Waals surface area (Å²) in [6.45, 7) is 0. The molecule has 0 bridgehead atoms. The molecule has 27 heavy (non-hydrogen) atoms. The molecule has 136 valence electrons. The van der Waals surface area contributed by atoms with Gasteiger partial charge in [0.2, 0.25) is 0 Å². The van der Waals surface area contributed by atoms with Crippen molar-refractivity contribution in [2.45, 2.75) is 6.42 Å². The second-order valence-electron chi connectivity index (χ2n) is 5.89. The lowest BCUT2D eigenvalue weighted by Crippen LogP contribution is -2.32. The molecule has 3 aromatic rings. The summed E-state index contributed by atoms with van der Waals surface area (Å²) in [6.07, 6.45) is 0.550. The molecule has 0 aliphatic rings. The molecular formula is C20H17N3O4. The molecule has 0 aliphatic heterocycles. The van der Waals surface area contributed by atoms with Gasteiger partial charge in [0.15, 0.2) is 0 Å². The fraction of sp³-hybridized carbons (Fsp3) is 0.0500. The van der Waals surface area contributed by atoms with Crippen LogP contribution in [-0.4, -0.2) is 16.1 Å². The average Bonchev–Trinajstić information content (AvgIpc) is 2.65. The fourth-order valence-electron chi connectivity index (χ4n) is 2.88. The molecule has 2 amide bonds. The van der Waals surface area contributed by atoms with Gasteiger partial charge in [-0.1, -0.05) is 48.5 Å². The van der Waals surface area contributed by atoms with Crippen molar-refractivity contribution in [3.05, 3.63) is 94.0 Å². The number of hydrogen-bond donors (Lipinski definition) is 2. The second kappa shape index (κ2) is 7.57. The molecule has 7 nitrogen and oxygen atoms in total. The number of phenolic OH excluding ortho intramolecular Hbond substituents is 1. The maximum atomic E-state index is 12.2. The number of phenols is 1. The minimum atomic E-state index is -0.806. The first-order chi connectivity index (χ1) is 13.0. The van der Waals surface area contributed by atoms with E-state index in [2.05, 4.69) is 0 Å². The van der Waals surface area contributed by atoms with Gasteiger partial charge in [0.1, 0.15) is 5.75 Å². The Morgan fingerprint density at radius 1 is 1.00 bits per heavy atom. The van der Waals surface area contributed by atoms with Crippen molar-refractivity contribution in [1.29, 1.82) is 0 Å². The van der Waals surface area contributed by atoms with E-state index in [4.69, 9.17) is 5.73 Å². The van der Waals surface area contributed by atoms with Crippen molar-refractivity contribution < 1.29 is 14.8 Å². The third kappa shape index (κ3) is 3.87. The largest absolute Gasteiger partial charge is 0.505 e. The maximum absolute atomic E-state index is 12.2. The number of carbonyl (C=O) groups excluding carboxylic acids is 1. The first kappa shape index (κ1) is 17.9. The van der Waals surface area contributed by atoms with Gasteiger partial charge in [0.25, 0.3) is 5.69 Å². The molecule has 3 rings (SSSR count). The van der Waals surface area contributed by atoms with Gasteiger partial charge in [0.05, 0.1) is 22.4 Å². The Balaban J connectivity index is 2.07. The lowest BCUT2D eigenvalue weighted by atomic mass is 10.0. The van der Waals surface area contributed by atoms with Crippen LogP contribution in [0, 0.1) is 10.1 Å². The predicted octanol–water partition coefficient (Wildman–Crippen LogP) is 4.11. The van der Waals surface area contributed by atoms with E-state index >= 15 is 0 Å². The van der Waals surface area contributed by atoms with Crippen molar-refractivity contribution in [3.63, 3.8) is 0 Å². The number of primary amides is 1. The molecule has 0 aliphatic carbocycles. The molecule has 0 saturated heterocycles. The lowest BCUT2D eigenvalue weighted by molar-refractivity contribution is -0.384. The molecule has 7 heteroatoms.